The largest absolute Gasteiger partial charge is 0.349 e. The van der Waals surface area contributed by atoms with Crippen molar-refractivity contribution in [3.05, 3.63) is 24.3 Å². The molecule has 0 aliphatic carbocycles. The van der Waals surface area contributed by atoms with Crippen LogP contribution in [-0.4, -0.2) is 38.4 Å². The molecule has 0 rings (SSSR count). The molecule has 0 amide bonds. The van der Waals surface area contributed by atoms with Gasteiger partial charge in [0, 0.05) is 12.8 Å². The van der Waals surface area contributed by atoms with Crippen LogP contribution >= 0.6 is 0 Å². The Bertz CT molecular complexity index is 647. The zero-order valence-electron chi connectivity index (χ0n) is 32.7. The van der Waals surface area contributed by atoms with Crippen LogP contribution in [0.3, 0.4) is 0 Å². The smallest absolute Gasteiger partial charge is 0.180 e. The van der Waals surface area contributed by atoms with Crippen molar-refractivity contribution in [2.75, 3.05) is 13.2 Å². The Morgan fingerprint density at radius 3 is 0.980 bits per heavy atom. The van der Waals surface area contributed by atoms with Crippen molar-refractivity contribution in [1.29, 1.82) is 0 Å². The van der Waals surface area contributed by atoms with Crippen molar-refractivity contribution in [3.63, 3.8) is 0 Å². The van der Waals surface area contributed by atoms with E-state index in [1.54, 1.807) is 0 Å². The molecule has 0 saturated heterocycles. The molecule has 0 fully saturated rings. The summed E-state index contributed by atoms with van der Waals surface area (Å²) in [6.07, 6.45) is 48.2. The van der Waals surface area contributed by atoms with Gasteiger partial charge in [-0.3, -0.25) is 0 Å². The van der Waals surface area contributed by atoms with E-state index in [1.165, 1.54) is 154 Å². The van der Waals surface area contributed by atoms with E-state index in [4.69, 9.17) is 14.2 Å². The molecule has 2 atom stereocenters. The Hall–Kier alpha value is -1.30. The third-order valence-electron chi connectivity index (χ3n) is 9.30. The van der Waals surface area contributed by atoms with Crippen LogP contribution in [-0.2, 0) is 23.8 Å². The van der Waals surface area contributed by atoms with E-state index in [2.05, 4.69) is 38.2 Å². The Kier molecular flexibility index (Phi) is 41.7. The fourth-order valence-corrected chi connectivity index (χ4v) is 6.09. The summed E-state index contributed by atoms with van der Waals surface area (Å²) in [5, 5.41) is 0. The summed E-state index contributed by atoms with van der Waals surface area (Å²) < 4.78 is 19.1. The highest BCUT2D eigenvalue weighted by Gasteiger charge is 2.13. The lowest BCUT2D eigenvalue weighted by atomic mass is 10.1. The number of ether oxygens (including phenoxy) is 3. The van der Waals surface area contributed by atoms with Crippen LogP contribution in [0.2, 0.25) is 0 Å². The van der Waals surface area contributed by atoms with Gasteiger partial charge in [-0.2, -0.15) is 0 Å². The quantitative estimate of drug-likeness (QED) is 0.0276. The van der Waals surface area contributed by atoms with Crippen molar-refractivity contribution in [2.45, 2.75) is 232 Å². The molecule has 2 unspecified atom stereocenters. The first-order chi connectivity index (χ1) is 24.3. The summed E-state index contributed by atoms with van der Waals surface area (Å²) in [6, 6.07) is 0. The molecule has 288 valence electrons. The first-order valence-corrected chi connectivity index (χ1v) is 21.4. The van der Waals surface area contributed by atoms with Crippen LogP contribution in [0.25, 0.3) is 0 Å². The number of unbranched alkanes of at least 4 members (excludes halogenated alkanes) is 28. The van der Waals surface area contributed by atoms with Gasteiger partial charge in [0.1, 0.15) is 12.6 Å². The highest BCUT2D eigenvalue weighted by Crippen LogP contribution is 2.15. The van der Waals surface area contributed by atoms with Crippen LogP contribution in [0.1, 0.15) is 219 Å². The van der Waals surface area contributed by atoms with Gasteiger partial charge in [0.2, 0.25) is 0 Å². The second-order valence-corrected chi connectivity index (χ2v) is 14.2. The van der Waals surface area contributed by atoms with Crippen LogP contribution in [0.15, 0.2) is 24.3 Å². The van der Waals surface area contributed by atoms with Gasteiger partial charge in [0.05, 0.1) is 13.2 Å². The summed E-state index contributed by atoms with van der Waals surface area (Å²) in [5.41, 5.74) is 0. The lowest BCUT2D eigenvalue weighted by Crippen LogP contribution is -2.25. The van der Waals surface area contributed by atoms with Gasteiger partial charge in [0.15, 0.2) is 12.6 Å². The van der Waals surface area contributed by atoms with Gasteiger partial charge in [-0.25, -0.2) is 0 Å². The number of hydrogen-bond acceptors (Lipinski definition) is 5. The third-order valence-corrected chi connectivity index (χ3v) is 9.30. The maximum Gasteiger partial charge on any atom is 0.180 e. The summed E-state index contributed by atoms with van der Waals surface area (Å²) in [7, 11) is 0. The standard InChI is InChI=1S/C44H82O5/c1-3-5-7-9-29-35-41-47-43(37-31-25-21-17-13-11-15-19-23-27-33-39-45)49-44(48-42-36-30-10-8-6-4-2)38-32-26-22-18-14-12-16-20-24-28-34-40-46/h31-32,37-40,43-44H,3-30,33-36,41-42H2,1-2H3. The molecule has 49 heavy (non-hydrogen) atoms. The second kappa shape index (κ2) is 42.9. The van der Waals surface area contributed by atoms with E-state index in [0.29, 0.717) is 0 Å². The van der Waals surface area contributed by atoms with Gasteiger partial charge in [0.25, 0.3) is 0 Å². The fraction of sp³-hybridized carbons (Fsp3) is 0.864. The normalized spacial score (nSPS) is 13.1. The molecule has 0 radical (unpaired) electrons. The molecule has 0 N–H and O–H groups in total. The molecule has 0 aromatic rings. The number of rotatable bonds is 42. The third kappa shape index (κ3) is 39.3. The Balaban J connectivity index is 4.81. The number of hydrogen-bond donors (Lipinski definition) is 0. The molecule has 5 heteroatoms. The molecule has 0 aromatic carbocycles. The maximum atomic E-state index is 10.4. The Morgan fingerprint density at radius 2 is 0.653 bits per heavy atom. The lowest BCUT2D eigenvalue weighted by Gasteiger charge is -2.22. The number of allylic oxidation sites excluding steroid dienone is 2. The van der Waals surface area contributed by atoms with E-state index >= 15 is 0 Å². The molecule has 0 heterocycles. The minimum Gasteiger partial charge on any atom is -0.349 e. The van der Waals surface area contributed by atoms with Gasteiger partial charge in [-0.15, -0.1) is 0 Å². The molecule has 0 aliphatic rings. The van der Waals surface area contributed by atoms with Crippen LogP contribution in [0, 0.1) is 0 Å². The van der Waals surface area contributed by atoms with Crippen molar-refractivity contribution in [2.24, 2.45) is 0 Å². The molecule has 0 saturated carbocycles. The molecule has 0 spiro atoms. The SMILES string of the molecule is CCCCCCCCOC(C=CCCCCCCCCCCC=O)OC(C=CCCCCCCCCCCC=O)OCCCCCCCC. The average molecular weight is 691 g/mol. The highest BCUT2D eigenvalue weighted by atomic mass is 16.8. The zero-order chi connectivity index (χ0) is 35.6. The van der Waals surface area contributed by atoms with Gasteiger partial charge < -0.3 is 23.8 Å². The van der Waals surface area contributed by atoms with Crippen molar-refractivity contribution < 1.29 is 23.8 Å². The van der Waals surface area contributed by atoms with Crippen LogP contribution in [0.5, 0.6) is 0 Å². The van der Waals surface area contributed by atoms with Crippen LogP contribution in [0.4, 0.5) is 0 Å². The van der Waals surface area contributed by atoms with E-state index in [1.807, 2.05) is 0 Å². The molecular weight excluding hydrogens is 608 g/mol. The molecule has 0 aromatic heterocycles. The minimum atomic E-state index is -0.382. The van der Waals surface area contributed by atoms with Crippen molar-refractivity contribution in [1.82, 2.24) is 0 Å². The van der Waals surface area contributed by atoms with E-state index in [-0.39, 0.29) is 12.6 Å². The number of carbonyl (C=O) groups is 2. The topological polar surface area (TPSA) is 61.8 Å². The molecular formula is C44H82O5. The summed E-state index contributed by atoms with van der Waals surface area (Å²) in [6.45, 7) is 5.97. The van der Waals surface area contributed by atoms with Crippen molar-refractivity contribution >= 4 is 12.6 Å². The number of carbonyl (C=O) groups excluding carboxylic acids is 2. The fourth-order valence-electron chi connectivity index (χ4n) is 6.09. The second-order valence-electron chi connectivity index (χ2n) is 14.2. The van der Waals surface area contributed by atoms with E-state index in [9.17, 15) is 9.59 Å². The predicted octanol–water partition coefficient (Wildman–Crippen LogP) is 13.7. The highest BCUT2D eigenvalue weighted by molar-refractivity contribution is 5.49. The summed E-state index contributed by atoms with van der Waals surface area (Å²) in [5.74, 6) is 0. The lowest BCUT2D eigenvalue weighted by molar-refractivity contribution is -0.208. The predicted molar refractivity (Wildman–Crippen MR) is 210 cm³/mol. The van der Waals surface area contributed by atoms with E-state index < -0.39 is 0 Å². The monoisotopic (exact) mass is 691 g/mol. The van der Waals surface area contributed by atoms with Gasteiger partial charge >= 0.3 is 0 Å². The van der Waals surface area contributed by atoms with Gasteiger partial charge in [-0.1, -0.05) is 167 Å². The summed E-state index contributed by atoms with van der Waals surface area (Å²) >= 11 is 0. The summed E-state index contributed by atoms with van der Waals surface area (Å²) in [4.78, 5) is 20.9. The van der Waals surface area contributed by atoms with Crippen molar-refractivity contribution in [3.8, 4) is 0 Å². The van der Waals surface area contributed by atoms with Crippen LogP contribution < -0.4 is 0 Å². The van der Waals surface area contributed by atoms with Gasteiger partial charge in [-0.05, 0) is 63.5 Å². The molecule has 0 aliphatic heterocycles. The Morgan fingerprint density at radius 1 is 0.367 bits per heavy atom. The van der Waals surface area contributed by atoms with E-state index in [0.717, 1.165) is 77.2 Å². The Labute approximate surface area is 305 Å². The average Bonchev–Trinajstić information content (AvgIpc) is 3.11. The number of aldehydes is 2. The molecule has 0 bridgehead atoms. The maximum absolute atomic E-state index is 10.4. The minimum absolute atomic E-state index is 0.382. The first kappa shape index (κ1) is 47.7. The first-order valence-electron chi connectivity index (χ1n) is 21.4. The zero-order valence-corrected chi connectivity index (χ0v) is 32.7. The molecule has 5 nitrogen and oxygen atoms in total.